The van der Waals surface area contributed by atoms with Crippen molar-refractivity contribution in [3.05, 3.63) is 237 Å². The maximum absolute atomic E-state index is 15.4. The third kappa shape index (κ3) is 9.26. The largest absolute Gasteiger partial charge is 0.457 e. The zero-order chi connectivity index (χ0) is 55.2. The van der Waals surface area contributed by atoms with E-state index in [0.29, 0.717) is 21.1 Å². The number of benzene rings is 8. The van der Waals surface area contributed by atoms with Crippen LogP contribution < -0.4 is 26.6 Å². The lowest BCUT2D eigenvalue weighted by molar-refractivity contribution is 0.102. The number of rotatable bonds is 11. The van der Waals surface area contributed by atoms with E-state index in [1.807, 2.05) is 91.0 Å². The predicted octanol–water partition coefficient (Wildman–Crippen LogP) is 12.1. The van der Waals surface area contributed by atoms with Crippen molar-refractivity contribution in [3.63, 3.8) is 0 Å². The summed E-state index contributed by atoms with van der Waals surface area (Å²) < 4.78 is 314. The lowest BCUT2D eigenvalue weighted by Gasteiger charge is -2.44. The molecule has 0 fully saturated rings. The van der Waals surface area contributed by atoms with E-state index >= 15 is 35.1 Å². The highest BCUT2D eigenvalue weighted by atomic mass is 32.2. The summed E-state index contributed by atoms with van der Waals surface area (Å²) in [6.45, 7) is 0. The average Bonchev–Trinajstić information content (AvgIpc) is 3.41. The summed E-state index contributed by atoms with van der Waals surface area (Å²) >= 11 is 0. The van der Waals surface area contributed by atoms with Gasteiger partial charge in [0.25, 0.3) is 0 Å². The molecule has 0 N–H and O–H groups in total. The Morgan fingerprint density at radius 2 is 0.547 bits per heavy atom. The monoisotopic (exact) mass is 1090 g/mol. The Balaban J connectivity index is 0.000000236. The summed E-state index contributed by atoms with van der Waals surface area (Å²) in [5.74, 6) is -70.3. The Kier molecular flexibility index (Phi) is 15.4. The number of hydrogen-bond donors (Lipinski definition) is 0. The first-order chi connectivity index (χ1) is 35.4. The second-order valence-corrected chi connectivity index (χ2v) is 18.2. The van der Waals surface area contributed by atoms with E-state index in [2.05, 4.69) is 0 Å². The van der Waals surface area contributed by atoms with Crippen LogP contribution in [0.25, 0.3) is 0 Å². The molecule has 0 saturated heterocycles. The molecule has 0 aromatic heterocycles. The van der Waals surface area contributed by atoms with Crippen LogP contribution in [-0.4, -0.2) is 17.7 Å². The molecule has 0 aliphatic heterocycles. The average molecular weight is 1090 g/mol. The Hall–Kier alpha value is -7.96. The van der Waals surface area contributed by atoms with Crippen molar-refractivity contribution in [2.75, 3.05) is 5.75 Å². The lowest BCUT2D eigenvalue weighted by Crippen LogP contribution is -2.81. The molecule has 0 bridgehead atoms. The third-order valence-corrected chi connectivity index (χ3v) is 14.2. The number of halogens is 20. The van der Waals surface area contributed by atoms with Crippen molar-refractivity contribution in [2.24, 2.45) is 0 Å². The molecule has 3 nitrogen and oxygen atoms in total. The van der Waals surface area contributed by atoms with Crippen LogP contribution in [-0.2, 0) is 14.1 Å². The van der Waals surface area contributed by atoms with Gasteiger partial charge >= 0.3 is 0 Å². The van der Waals surface area contributed by atoms with Crippen LogP contribution in [0.1, 0.15) is 10.4 Å². The van der Waals surface area contributed by atoms with Crippen molar-refractivity contribution >= 4 is 43.7 Å². The van der Waals surface area contributed by atoms with E-state index in [1.165, 1.54) is 0 Å². The van der Waals surface area contributed by atoms with Crippen molar-refractivity contribution in [2.45, 2.75) is 9.79 Å². The van der Waals surface area contributed by atoms with E-state index in [0.717, 1.165) is 5.75 Å². The fourth-order valence-electron chi connectivity index (χ4n) is 8.06. The molecule has 0 radical (unpaired) electrons. The first-order valence-corrected chi connectivity index (χ1v) is 22.3. The highest BCUT2D eigenvalue weighted by molar-refractivity contribution is 8.03. The molecule has 0 unspecified atom stereocenters. The third-order valence-electron chi connectivity index (χ3n) is 11.4. The SMILES string of the molecule is Fc1c(F)c(F)c([B-](c2c(F)c(F)c(F)c(F)c2F)(c2c(F)c(F)c(F)c(F)c2F)c2c(F)c(F)c(F)c(F)c2F)c(F)c1F.O=C(C[S+](=O)(c1ccccc1)c1ccccc1)c1ccc(Oc2ccccc2)cc1. The van der Waals surface area contributed by atoms with Gasteiger partial charge in [0.2, 0.25) is 5.78 Å². The molecule has 0 saturated carbocycles. The van der Waals surface area contributed by atoms with E-state index < -0.39 is 154 Å². The summed E-state index contributed by atoms with van der Waals surface area (Å²) in [7, 11) is -2.73. The first-order valence-electron chi connectivity index (χ1n) is 20.6. The summed E-state index contributed by atoms with van der Waals surface area (Å²) in [4.78, 5) is 14.4. The minimum atomic E-state index is -7.22. The van der Waals surface area contributed by atoms with Gasteiger partial charge < -0.3 is 4.74 Å². The quantitative estimate of drug-likeness (QED) is 0.0324. The zero-order valence-electron chi connectivity index (χ0n) is 36.4. The normalized spacial score (nSPS) is 11.6. The second kappa shape index (κ2) is 21.1. The molecule has 8 aromatic rings. The van der Waals surface area contributed by atoms with Gasteiger partial charge in [-0.2, -0.15) is 0 Å². The van der Waals surface area contributed by atoms with Gasteiger partial charge in [-0.1, -0.05) is 58.8 Å². The van der Waals surface area contributed by atoms with Crippen LogP contribution in [0.4, 0.5) is 87.8 Å². The summed E-state index contributed by atoms with van der Waals surface area (Å²) in [6.07, 6.45) is -7.22. The number of hydrogen-bond acceptors (Lipinski definition) is 3. The van der Waals surface area contributed by atoms with Crippen LogP contribution in [0.15, 0.2) is 125 Å². The Labute approximate surface area is 408 Å². The number of carbonyl (C=O) groups excluding carboxylic acids is 1. The van der Waals surface area contributed by atoms with Crippen LogP contribution in [0.2, 0.25) is 0 Å². The summed E-state index contributed by atoms with van der Waals surface area (Å²) in [6, 6.07) is 34.8. The lowest BCUT2D eigenvalue weighted by atomic mass is 9.12. The van der Waals surface area contributed by atoms with Crippen LogP contribution in [0.5, 0.6) is 11.5 Å². The molecule has 8 aromatic carbocycles. The van der Waals surface area contributed by atoms with Crippen LogP contribution >= 0.6 is 0 Å². The fraction of sp³-hybridized carbons (Fsp3) is 0.0200. The minimum Gasteiger partial charge on any atom is -0.457 e. The maximum atomic E-state index is 15.4. The van der Waals surface area contributed by atoms with Gasteiger partial charge in [0.1, 0.15) is 64.2 Å². The number of ether oxygens (including phenoxy) is 1. The van der Waals surface area contributed by atoms with E-state index in [1.54, 1.807) is 24.3 Å². The van der Waals surface area contributed by atoms with Gasteiger partial charge in [-0.25, -0.2) is 87.8 Å². The van der Waals surface area contributed by atoms with Crippen molar-refractivity contribution in [1.82, 2.24) is 0 Å². The minimum absolute atomic E-state index is 0.0834. The molecule has 0 heterocycles. The molecule has 75 heavy (non-hydrogen) atoms. The molecule has 0 amide bonds. The number of carbonyl (C=O) groups is 1. The highest BCUT2D eigenvalue weighted by Crippen LogP contribution is 2.33. The molecule has 388 valence electrons. The van der Waals surface area contributed by atoms with Gasteiger partial charge in [0.15, 0.2) is 95.3 Å². The number of para-hydroxylation sites is 1. The van der Waals surface area contributed by atoms with Crippen LogP contribution in [0, 0.1) is 116 Å². The molecule has 0 atom stereocenters. The van der Waals surface area contributed by atoms with Gasteiger partial charge in [0, 0.05) is 5.56 Å². The number of ketones is 1. The zero-order valence-corrected chi connectivity index (χ0v) is 37.3. The van der Waals surface area contributed by atoms with E-state index in [4.69, 9.17) is 4.74 Å². The second-order valence-electron chi connectivity index (χ2n) is 15.6. The maximum Gasteiger partial charge on any atom is 0.212 e. The Bertz CT molecular complexity index is 3170. The van der Waals surface area contributed by atoms with Crippen molar-refractivity contribution in [3.8, 4) is 11.5 Å². The molecule has 25 heteroatoms. The Morgan fingerprint density at radius 3 is 0.813 bits per heavy atom. The molecule has 0 aliphatic rings. The van der Waals surface area contributed by atoms with E-state index in [-0.39, 0.29) is 11.5 Å². The smallest absolute Gasteiger partial charge is 0.212 e. The summed E-state index contributed by atoms with van der Waals surface area (Å²) in [5.41, 5.74) is -13.8. The predicted molar refractivity (Wildman–Crippen MR) is 229 cm³/mol. The van der Waals surface area contributed by atoms with E-state index in [9.17, 15) is 61.7 Å². The van der Waals surface area contributed by atoms with Gasteiger partial charge in [-0.15, -0.1) is 21.9 Å². The molecule has 8 rings (SSSR count). The molecule has 0 spiro atoms. The van der Waals surface area contributed by atoms with Crippen molar-refractivity contribution < 1.29 is 102 Å². The molecule has 0 aliphatic carbocycles. The van der Waals surface area contributed by atoms with Gasteiger partial charge in [-0.3, -0.25) is 4.79 Å². The summed E-state index contributed by atoms with van der Waals surface area (Å²) in [5, 5.41) is 0. The van der Waals surface area contributed by atoms with Gasteiger partial charge in [0.05, 0.1) is 0 Å². The van der Waals surface area contributed by atoms with Crippen LogP contribution in [0.3, 0.4) is 0 Å². The first kappa shape index (κ1) is 54.8. The fourth-order valence-corrected chi connectivity index (χ4v) is 10.4. The van der Waals surface area contributed by atoms with Crippen molar-refractivity contribution in [1.29, 1.82) is 0 Å². The highest BCUT2D eigenvalue weighted by Gasteiger charge is 2.52. The van der Waals surface area contributed by atoms with Gasteiger partial charge in [-0.05, 0) is 60.7 Å². The molecular formula is C50H21BF20O3S. The standard InChI is InChI=1S/C26H21O3S.C24BF20/c27-26(21-16-18-23(19-17-21)29-22-10-4-1-5-11-22)20-30(28,24-12-6-2-7-13-24)25-14-8-3-9-15-25;26-5-1(6(27)14(35)21(42)13(5)34)25(2-7(28)15(36)22(43)16(37)8(2)29,3-9(30)17(38)23(44)18(39)10(3)31)4-11(32)19(40)24(45)20(41)12(4)33/h1-19H,20H2;/q+1;-1. The topological polar surface area (TPSA) is 43.4 Å². The molecular weight excluding hydrogens is 1070 g/mol. The Morgan fingerprint density at radius 1 is 0.320 bits per heavy atom. The number of Topliss-reactive ketones (excluding diaryl/α,β-unsaturated/α-hetero) is 1.